The van der Waals surface area contributed by atoms with Crippen LogP contribution in [0, 0.1) is 19.8 Å². The first-order chi connectivity index (χ1) is 12.8. The molecule has 142 valence electrons. The Morgan fingerprint density at radius 3 is 2.26 bits per heavy atom. The van der Waals surface area contributed by atoms with Gasteiger partial charge in [-0.25, -0.2) is 9.97 Å². The van der Waals surface area contributed by atoms with Crippen molar-refractivity contribution < 1.29 is 9.59 Å². The Labute approximate surface area is 159 Å². The number of aromatic nitrogens is 2. The third-order valence-electron chi connectivity index (χ3n) is 4.54. The summed E-state index contributed by atoms with van der Waals surface area (Å²) >= 11 is 0. The molecule has 7 nitrogen and oxygen atoms in total. The normalized spacial score (nSPS) is 16.7. The molecule has 0 spiro atoms. The quantitative estimate of drug-likeness (QED) is 0.848. The molecule has 3 rings (SSSR count). The van der Waals surface area contributed by atoms with Crippen molar-refractivity contribution in [2.75, 3.05) is 17.2 Å². The lowest BCUT2D eigenvalue weighted by molar-refractivity contribution is -0.129. The van der Waals surface area contributed by atoms with Crippen molar-refractivity contribution in [3.8, 4) is 0 Å². The van der Waals surface area contributed by atoms with Gasteiger partial charge in [0.1, 0.15) is 0 Å². The van der Waals surface area contributed by atoms with E-state index < -0.39 is 0 Å². The molecule has 27 heavy (non-hydrogen) atoms. The lowest BCUT2D eigenvalue weighted by Crippen LogP contribution is -2.33. The molecule has 0 radical (unpaired) electrons. The van der Waals surface area contributed by atoms with Gasteiger partial charge in [0.15, 0.2) is 0 Å². The van der Waals surface area contributed by atoms with E-state index in [4.69, 9.17) is 0 Å². The van der Waals surface area contributed by atoms with Gasteiger partial charge < -0.3 is 15.5 Å². The minimum atomic E-state index is -0.304. The van der Waals surface area contributed by atoms with E-state index in [9.17, 15) is 9.59 Å². The molecule has 0 aliphatic carbocycles. The number of rotatable bonds is 5. The molecule has 1 saturated heterocycles. The topological polar surface area (TPSA) is 87.2 Å². The molecule has 0 bridgehead atoms. The highest BCUT2D eigenvalue weighted by Crippen LogP contribution is 2.23. The summed E-state index contributed by atoms with van der Waals surface area (Å²) in [5.41, 5.74) is 3.33. The molecule has 2 amide bonds. The lowest BCUT2D eigenvalue weighted by Gasteiger charge is -2.20. The summed E-state index contributed by atoms with van der Waals surface area (Å²) in [5.74, 6) is 0.159. The van der Waals surface area contributed by atoms with Gasteiger partial charge in [-0.15, -0.1) is 0 Å². The van der Waals surface area contributed by atoms with Gasteiger partial charge in [0.25, 0.3) is 0 Å². The number of carbonyl (C=O) groups is 2. The zero-order valence-corrected chi connectivity index (χ0v) is 16.1. The number of likely N-dealkylation sites (tertiary alicyclic amines) is 1. The minimum Gasteiger partial charge on any atom is -0.339 e. The lowest BCUT2D eigenvalue weighted by atomic mass is 10.1. The van der Waals surface area contributed by atoms with Crippen LogP contribution in [0.5, 0.6) is 0 Å². The molecule has 1 fully saturated rings. The number of benzene rings is 1. The predicted molar refractivity (Wildman–Crippen MR) is 105 cm³/mol. The van der Waals surface area contributed by atoms with Crippen LogP contribution in [0.25, 0.3) is 0 Å². The fourth-order valence-electron chi connectivity index (χ4n) is 3.20. The average molecular weight is 367 g/mol. The van der Waals surface area contributed by atoms with Crippen LogP contribution in [0.2, 0.25) is 0 Å². The van der Waals surface area contributed by atoms with Crippen LogP contribution in [-0.4, -0.2) is 39.3 Å². The third-order valence-corrected chi connectivity index (χ3v) is 4.54. The van der Waals surface area contributed by atoms with Crippen LogP contribution in [-0.2, 0) is 9.59 Å². The van der Waals surface area contributed by atoms with Gasteiger partial charge in [-0.2, -0.15) is 0 Å². The van der Waals surface area contributed by atoms with Crippen LogP contribution in [0.1, 0.15) is 31.7 Å². The molecule has 2 N–H and O–H groups in total. The molecule has 1 aliphatic heterocycles. The highest BCUT2D eigenvalue weighted by molar-refractivity contribution is 5.97. The molecule has 2 heterocycles. The molecule has 1 aliphatic rings. The molecule has 0 saturated carbocycles. The molecule has 1 aromatic heterocycles. The van der Waals surface area contributed by atoms with Crippen molar-refractivity contribution in [1.82, 2.24) is 14.9 Å². The van der Waals surface area contributed by atoms with Crippen LogP contribution in [0.15, 0.2) is 30.3 Å². The van der Waals surface area contributed by atoms with Gasteiger partial charge in [0, 0.05) is 41.8 Å². The smallest absolute Gasteiger partial charge is 0.229 e. The summed E-state index contributed by atoms with van der Waals surface area (Å²) < 4.78 is 0. The van der Waals surface area contributed by atoms with Gasteiger partial charge in [-0.3, -0.25) is 9.59 Å². The first kappa shape index (κ1) is 18.8. The monoisotopic (exact) mass is 367 g/mol. The van der Waals surface area contributed by atoms with E-state index in [1.807, 2.05) is 58.0 Å². The molecular formula is C20H25N5O2. The Kier molecular flexibility index (Phi) is 5.39. The standard InChI is InChI=1S/C20H25N5O2/c1-12(2)25-11-15(10-18(25)26)19(27)23-16-5-7-17(8-6-16)24-20-21-13(3)9-14(4)22-20/h5-9,12,15H,10-11H2,1-4H3,(H,23,27)(H,21,22,24). The van der Waals surface area contributed by atoms with Crippen molar-refractivity contribution in [1.29, 1.82) is 0 Å². The van der Waals surface area contributed by atoms with E-state index in [1.54, 1.807) is 4.90 Å². The summed E-state index contributed by atoms with van der Waals surface area (Å²) in [7, 11) is 0. The Hall–Kier alpha value is -2.96. The Bertz CT molecular complexity index is 828. The summed E-state index contributed by atoms with van der Waals surface area (Å²) in [6, 6.07) is 9.39. The number of carbonyl (C=O) groups excluding carboxylic acids is 2. The Morgan fingerprint density at radius 1 is 1.11 bits per heavy atom. The predicted octanol–water partition coefficient (Wildman–Crippen LogP) is 3.03. The minimum absolute atomic E-state index is 0.0399. The number of amides is 2. The molecule has 1 aromatic carbocycles. The fourth-order valence-corrected chi connectivity index (χ4v) is 3.20. The first-order valence-corrected chi connectivity index (χ1v) is 9.11. The van der Waals surface area contributed by atoms with Crippen LogP contribution in [0.4, 0.5) is 17.3 Å². The van der Waals surface area contributed by atoms with Crippen molar-refractivity contribution in [2.45, 2.75) is 40.2 Å². The number of nitrogens with zero attached hydrogens (tertiary/aromatic N) is 3. The largest absolute Gasteiger partial charge is 0.339 e. The van der Waals surface area contributed by atoms with E-state index in [-0.39, 0.29) is 30.2 Å². The zero-order chi connectivity index (χ0) is 19.6. The zero-order valence-electron chi connectivity index (χ0n) is 16.1. The van der Waals surface area contributed by atoms with E-state index >= 15 is 0 Å². The SMILES string of the molecule is Cc1cc(C)nc(Nc2ccc(NC(=O)C3CC(=O)N(C(C)C)C3)cc2)n1. The van der Waals surface area contributed by atoms with Crippen LogP contribution < -0.4 is 10.6 Å². The van der Waals surface area contributed by atoms with Gasteiger partial charge in [-0.05, 0) is 58.0 Å². The molecular weight excluding hydrogens is 342 g/mol. The fraction of sp³-hybridized carbons (Fsp3) is 0.400. The van der Waals surface area contributed by atoms with E-state index in [2.05, 4.69) is 20.6 Å². The second kappa shape index (κ2) is 7.73. The van der Waals surface area contributed by atoms with E-state index in [0.29, 0.717) is 18.2 Å². The summed E-state index contributed by atoms with van der Waals surface area (Å²) in [5, 5.41) is 6.06. The van der Waals surface area contributed by atoms with Crippen molar-refractivity contribution >= 4 is 29.1 Å². The molecule has 1 atom stereocenters. The number of hydrogen-bond acceptors (Lipinski definition) is 5. The maximum absolute atomic E-state index is 12.5. The number of hydrogen-bond donors (Lipinski definition) is 2. The number of anilines is 3. The highest BCUT2D eigenvalue weighted by Gasteiger charge is 2.35. The van der Waals surface area contributed by atoms with Crippen molar-refractivity contribution in [3.05, 3.63) is 41.7 Å². The molecule has 1 unspecified atom stereocenters. The van der Waals surface area contributed by atoms with Crippen molar-refractivity contribution in [3.63, 3.8) is 0 Å². The Balaban J connectivity index is 1.61. The van der Waals surface area contributed by atoms with Gasteiger partial charge >= 0.3 is 0 Å². The summed E-state index contributed by atoms with van der Waals surface area (Å²) in [6.45, 7) is 8.25. The summed E-state index contributed by atoms with van der Waals surface area (Å²) in [4.78, 5) is 34.9. The van der Waals surface area contributed by atoms with Crippen LogP contribution >= 0.6 is 0 Å². The number of nitrogens with one attached hydrogen (secondary N) is 2. The van der Waals surface area contributed by atoms with Crippen molar-refractivity contribution in [2.24, 2.45) is 5.92 Å². The maximum Gasteiger partial charge on any atom is 0.229 e. The second-order valence-electron chi connectivity index (χ2n) is 7.21. The Morgan fingerprint density at radius 2 is 1.70 bits per heavy atom. The highest BCUT2D eigenvalue weighted by atomic mass is 16.2. The van der Waals surface area contributed by atoms with Gasteiger partial charge in [0.05, 0.1) is 5.92 Å². The first-order valence-electron chi connectivity index (χ1n) is 9.11. The third kappa shape index (κ3) is 4.61. The molecule has 7 heteroatoms. The maximum atomic E-state index is 12.5. The average Bonchev–Trinajstić information content (AvgIpc) is 2.98. The molecule has 2 aromatic rings. The summed E-state index contributed by atoms with van der Waals surface area (Å²) in [6.07, 6.45) is 0.272. The van der Waals surface area contributed by atoms with E-state index in [1.165, 1.54) is 0 Å². The number of aryl methyl sites for hydroxylation is 2. The van der Waals surface area contributed by atoms with E-state index in [0.717, 1.165) is 17.1 Å². The second-order valence-corrected chi connectivity index (χ2v) is 7.21. The van der Waals surface area contributed by atoms with Crippen LogP contribution in [0.3, 0.4) is 0 Å². The van der Waals surface area contributed by atoms with Gasteiger partial charge in [0.2, 0.25) is 17.8 Å². The van der Waals surface area contributed by atoms with Gasteiger partial charge in [-0.1, -0.05) is 0 Å².